The monoisotopic (exact) mass is 603 g/mol. The summed E-state index contributed by atoms with van der Waals surface area (Å²) in [5, 5.41) is 0.361. The summed E-state index contributed by atoms with van der Waals surface area (Å²) in [6.45, 7) is 8.51. The van der Waals surface area contributed by atoms with Gasteiger partial charge in [0.15, 0.2) is 17.6 Å². The zero-order valence-electron chi connectivity index (χ0n) is 24.2. The minimum Gasteiger partial charge on any atom is -0.497 e. The van der Waals surface area contributed by atoms with Gasteiger partial charge in [0.05, 0.1) is 37.3 Å². The SMILES string of the molecule is C=C(OC)c1ccc2nc(CN3CCC(c4cccc5c4OC(c4ccc(Cl)cc4F)CO5)CC3)n(C[C@@H]3CCO3)c2c1. The first-order valence-electron chi connectivity index (χ1n) is 14.9. The number of para-hydroxylation sites is 1. The molecule has 4 aromatic rings. The van der Waals surface area contributed by atoms with Crippen LogP contribution in [0.3, 0.4) is 0 Å². The summed E-state index contributed by atoms with van der Waals surface area (Å²) in [4.78, 5) is 7.52. The summed E-state index contributed by atoms with van der Waals surface area (Å²) in [6, 6.07) is 16.9. The normalized spacial score (nSPS) is 20.6. The van der Waals surface area contributed by atoms with E-state index in [0.29, 0.717) is 28.0 Å². The van der Waals surface area contributed by atoms with E-state index in [1.54, 1.807) is 19.2 Å². The van der Waals surface area contributed by atoms with Crippen LogP contribution in [-0.4, -0.2) is 54.0 Å². The number of benzene rings is 3. The predicted molar refractivity (Wildman–Crippen MR) is 164 cm³/mol. The van der Waals surface area contributed by atoms with Gasteiger partial charge < -0.3 is 23.5 Å². The number of ether oxygens (including phenoxy) is 4. The molecule has 43 heavy (non-hydrogen) atoms. The molecule has 0 radical (unpaired) electrons. The molecule has 3 aliphatic rings. The number of fused-ring (bicyclic) bond motifs is 2. The van der Waals surface area contributed by atoms with Crippen molar-refractivity contribution < 1.29 is 23.3 Å². The van der Waals surface area contributed by atoms with Crippen LogP contribution in [0.25, 0.3) is 16.8 Å². The molecule has 1 aromatic heterocycles. The lowest BCUT2D eigenvalue weighted by atomic mass is 9.88. The molecular formula is C34H35ClFN3O4. The molecule has 0 spiro atoms. The minimum absolute atomic E-state index is 0.216. The number of aromatic nitrogens is 2. The highest BCUT2D eigenvalue weighted by Gasteiger charge is 2.31. The number of piperidine rings is 1. The third kappa shape index (κ3) is 5.59. The molecule has 2 atom stereocenters. The highest BCUT2D eigenvalue weighted by molar-refractivity contribution is 6.30. The maximum Gasteiger partial charge on any atom is 0.165 e. The second kappa shape index (κ2) is 11.8. The van der Waals surface area contributed by atoms with Gasteiger partial charge in [-0.2, -0.15) is 0 Å². The molecule has 7 rings (SSSR count). The molecule has 9 heteroatoms. The first-order valence-corrected chi connectivity index (χ1v) is 15.3. The number of nitrogens with zero attached hydrogens (tertiary/aromatic N) is 3. The molecule has 0 N–H and O–H groups in total. The van der Waals surface area contributed by atoms with Gasteiger partial charge in [-0.1, -0.05) is 36.4 Å². The zero-order chi connectivity index (χ0) is 29.5. The number of imidazole rings is 1. The smallest absolute Gasteiger partial charge is 0.165 e. The fourth-order valence-electron chi connectivity index (χ4n) is 6.37. The quantitative estimate of drug-likeness (QED) is 0.200. The largest absolute Gasteiger partial charge is 0.497 e. The lowest BCUT2D eigenvalue weighted by Crippen LogP contribution is -2.35. The Bertz CT molecular complexity index is 1660. The second-order valence-electron chi connectivity index (χ2n) is 11.6. The number of halogens is 2. The summed E-state index contributed by atoms with van der Waals surface area (Å²) >= 11 is 5.98. The van der Waals surface area contributed by atoms with E-state index < -0.39 is 6.10 Å². The van der Waals surface area contributed by atoms with E-state index in [0.717, 1.165) is 85.8 Å². The molecule has 1 unspecified atom stereocenters. The van der Waals surface area contributed by atoms with Crippen molar-refractivity contribution in [1.29, 1.82) is 0 Å². The van der Waals surface area contributed by atoms with E-state index in [1.807, 2.05) is 24.3 Å². The van der Waals surface area contributed by atoms with Crippen LogP contribution in [0.4, 0.5) is 4.39 Å². The number of rotatable bonds is 8. The van der Waals surface area contributed by atoms with Gasteiger partial charge >= 0.3 is 0 Å². The highest BCUT2D eigenvalue weighted by atomic mass is 35.5. The van der Waals surface area contributed by atoms with Crippen LogP contribution in [0, 0.1) is 5.82 Å². The van der Waals surface area contributed by atoms with Gasteiger partial charge in [-0.05, 0) is 74.7 Å². The zero-order valence-corrected chi connectivity index (χ0v) is 25.0. The van der Waals surface area contributed by atoms with E-state index in [2.05, 4.69) is 28.2 Å². The molecule has 0 saturated carbocycles. The Kier molecular flexibility index (Phi) is 7.76. The van der Waals surface area contributed by atoms with Crippen molar-refractivity contribution in [3.8, 4) is 11.5 Å². The van der Waals surface area contributed by atoms with Crippen molar-refractivity contribution in [3.05, 3.63) is 94.5 Å². The molecule has 2 fully saturated rings. The lowest BCUT2D eigenvalue weighted by Gasteiger charge is -2.35. The van der Waals surface area contributed by atoms with Crippen molar-refractivity contribution in [3.63, 3.8) is 0 Å². The van der Waals surface area contributed by atoms with Crippen molar-refractivity contribution in [2.75, 3.05) is 33.4 Å². The Labute approximate surface area is 255 Å². The fraction of sp³-hybridized carbons (Fsp3) is 0.382. The van der Waals surface area contributed by atoms with Crippen LogP contribution < -0.4 is 9.47 Å². The fourth-order valence-corrected chi connectivity index (χ4v) is 6.53. The van der Waals surface area contributed by atoms with E-state index in [1.165, 1.54) is 6.07 Å². The van der Waals surface area contributed by atoms with Crippen LogP contribution >= 0.6 is 11.6 Å². The maximum atomic E-state index is 14.7. The molecule has 0 amide bonds. The molecule has 0 aliphatic carbocycles. The highest BCUT2D eigenvalue weighted by Crippen LogP contribution is 2.45. The average Bonchev–Trinajstić information content (AvgIpc) is 3.34. The summed E-state index contributed by atoms with van der Waals surface area (Å²) in [6.07, 6.45) is 2.70. The maximum absolute atomic E-state index is 14.7. The van der Waals surface area contributed by atoms with Gasteiger partial charge in [-0.25, -0.2) is 9.37 Å². The summed E-state index contributed by atoms with van der Waals surface area (Å²) in [5.74, 6) is 3.06. The molecule has 2 saturated heterocycles. The minimum atomic E-state index is -0.528. The Hall–Kier alpha value is -3.59. The third-order valence-corrected chi connectivity index (χ3v) is 9.17. The Balaban J connectivity index is 1.07. The van der Waals surface area contributed by atoms with Crippen LogP contribution in [0.15, 0.2) is 61.2 Å². The molecule has 224 valence electrons. The molecule has 7 nitrogen and oxygen atoms in total. The van der Waals surface area contributed by atoms with Gasteiger partial charge in [-0.15, -0.1) is 0 Å². The molecule has 3 aliphatic heterocycles. The van der Waals surface area contributed by atoms with Crippen molar-refractivity contribution in [2.24, 2.45) is 0 Å². The van der Waals surface area contributed by atoms with Crippen LogP contribution in [0.1, 0.15) is 53.8 Å². The molecule has 4 heterocycles. The Morgan fingerprint density at radius 2 is 1.93 bits per heavy atom. The van der Waals surface area contributed by atoms with Crippen LogP contribution in [0.2, 0.25) is 5.02 Å². The van der Waals surface area contributed by atoms with Crippen molar-refractivity contribution in [2.45, 2.75) is 50.5 Å². The Morgan fingerprint density at radius 3 is 2.67 bits per heavy atom. The number of hydrogen-bond donors (Lipinski definition) is 0. The van der Waals surface area contributed by atoms with Crippen molar-refractivity contribution in [1.82, 2.24) is 14.5 Å². The Morgan fingerprint density at radius 1 is 1.09 bits per heavy atom. The molecule has 0 bridgehead atoms. The average molecular weight is 604 g/mol. The van der Waals surface area contributed by atoms with Gasteiger partial charge in [0.25, 0.3) is 0 Å². The van der Waals surface area contributed by atoms with E-state index >= 15 is 0 Å². The van der Waals surface area contributed by atoms with Crippen LogP contribution in [-0.2, 0) is 22.6 Å². The lowest BCUT2D eigenvalue weighted by molar-refractivity contribution is -0.0592. The number of hydrogen-bond acceptors (Lipinski definition) is 6. The molecular weight excluding hydrogens is 569 g/mol. The second-order valence-corrected chi connectivity index (χ2v) is 12.0. The number of methoxy groups -OCH3 is 1. The van der Waals surface area contributed by atoms with Gasteiger partial charge in [-0.3, -0.25) is 4.90 Å². The van der Waals surface area contributed by atoms with Crippen molar-refractivity contribution >= 4 is 28.4 Å². The van der Waals surface area contributed by atoms with E-state index in [-0.39, 0.29) is 18.5 Å². The predicted octanol–water partition coefficient (Wildman–Crippen LogP) is 7.13. The topological polar surface area (TPSA) is 58.0 Å². The first-order chi connectivity index (χ1) is 21.0. The van der Waals surface area contributed by atoms with Gasteiger partial charge in [0.2, 0.25) is 0 Å². The number of likely N-dealkylation sites (tertiary alicyclic amines) is 1. The summed E-state index contributed by atoms with van der Waals surface area (Å²) in [5.41, 5.74) is 4.58. The van der Waals surface area contributed by atoms with Gasteiger partial charge in [0, 0.05) is 28.3 Å². The first kappa shape index (κ1) is 28.2. The third-order valence-electron chi connectivity index (χ3n) is 8.94. The standard InChI is InChI=1S/C34H35ClFN3O4/c1-21(40-2)23-6-9-29-30(16-23)39(18-25-12-15-41-25)33(37-29)19-38-13-10-22(11-14-38)26-4-3-5-31-34(26)43-32(20-42-31)27-8-7-24(35)17-28(27)36/h3-9,16-17,22,25,32H,1,10-15,18-20H2,2H3/t25-,32?/m0/s1. The van der Waals surface area contributed by atoms with E-state index in [9.17, 15) is 4.39 Å². The van der Waals surface area contributed by atoms with Gasteiger partial charge in [0.1, 0.15) is 24.0 Å². The summed E-state index contributed by atoms with van der Waals surface area (Å²) < 4.78 is 40.7. The van der Waals surface area contributed by atoms with Crippen LogP contribution in [0.5, 0.6) is 11.5 Å². The molecule has 3 aromatic carbocycles. The summed E-state index contributed by atoms with van der Waals surface area (Å²) in [7, 11) is 1.64. The van der Waals surface area contributed by atoms with E-state index in [4.69, 9.17) is 35.5 Å².